The van der Waals surface area contributed by atoms with Crippen LogP contribution in [0.15, 0.2) is 36.1 Å². The van der Waals surface area contributed by atoms with Crippen molar-refractivity contribution in [2.24, 2.45) is 11.3 Å². The number of aldehydes is 1. The van der Waals surface area contributed by atoms with Gasteiger partial charge in [-0.15, -0.1) is 0 Å². The largest absolute Gasteiger partial charge is 0.490 e. The van der Waals surface area contributed by atoms with Crippen molar-refractivity contribution < 1.29 is 14.3 Å². The molecule has 19 heavy (non-hydrogen) atoms. The molecule has 102 valence electrons. The van der Waals surface area contributed by atoms with Crippen molar-refractivity contribution in [3.8, 4) is 11.5 Å². The minimum Gasteiger partial charge on any atom is -0.490 e. The van der Waals surface area contributed by atoms with Crippen molar-refractivity contribution in [2.75, 3.05) is 6.61 Å². The Morgan fingerprint density at radius 2 is 2.00 bits per heavy atom. The predicted octanol–water partition coefficient (Wildman–Crippen LogP) is 3.59. The molecule has 0 aliphatic heterocycles. The fourth-order valence-corrected chi connectivity index (χ4v) is 2.18. The first-order chi connectivity index (χ1) is 9.08. The first-order valence-corrected chi connectivity index (χ1v) is 6.62. The summed E-state index contributed by atoms with van der Waals surface area (Å²) in [5.74, 6) is 1.65. The van der Waals surface area contributed by atoms with Crippen molar-refractivity contribution in [1.82, 2.24) is 0 Å². The summed E-state index contributed by atoms with van der Waals surface area (Å²) < 4.78 is 11.1. The van der Waals surface area contributed by atoms with Gasteiger partial charge in [-0.2, -0.15) is 0 Å². The highest BCUT2D eigenvalue weighted by Gasteiger charge is 2.47. The average molecular weight is 260 g/mol. The molecule has 0 heterocycles. The molecule has 1 saturated carbocycles. The highest BCUT2D eigenvalue weighted by molar-refractivity contribution is 5.75. The monoisotopic (exact) mass is 260 g/mol. The maximum absolute atomic E-state index is 11.1. The van der Waals surface area contributed by atoms with E-state index in [1.54, 1.807) is 6.26 Å². The predicted molar refractivity (Wildman–Crippen MR) is 74.3 cm³/mol. The molecule has 1 fully saturated rings. The molecule has 1 aromatic rings. The molecule has 1 aromatic carbocycles. The molecular formula is C16H20O3. The first kappa shape index (κ1) is 13.7. The van der Waals surface area contributed by atoms with Crippen LogP contribution in [-0.4, -0.2) is 12.9 Å². The molecule has 3 heteroatoms. The lowest BCUT2D eigenvalue weighted by Crippen LogP contribution is -1.99. The van der Waals surface area contributed by atoms with E-state index in [1.807, 2.05) is 31.2 Å². The second kappa shape index (κ2) is 5.47. The first-order valence-electron chi connectivity index (χ1n) is 6.62. The van der Waals surface area contributed by atoms with Crippen LogP contribution < -0.4 is 9.47 Å². The van der Waals surface area contributed by atoms with Crippen LogP contribution in [0, 0.1) is 11.3 Å². The van der Waals surface area contributed by atoms with Crippen molar-refractivity contribution >= 4 is 6.29 Å². The van der Waals surface area contributed by atoms with Gasteiger partial charge in [0, 0.05) is 5.57 Å². The molecule has 2 rings (SSSR count). The molecule has 0 radical (unpaired) electrons. The Hall–Kier alpha value is -1.77. The summed E-state index contributed by atoms with van der Waals surface area (Å²) in [6, 6.07) is 7.47. The van der Waals surface area contributed by atoms with Crippen LogP contribution >= 0.6 is 0 Å². The van der Waals surface area contributed by atoms with Crippen molar-refractivity contribution in [2.45, 2.75) is 27.2 Å². The summed E-state index contributed by atoms with van der Waals surface area (Å²) in [5, 5.41) is 0. The molecular weight excluding hydrogens is 240 g/mol. The zero-order valence-electron chi connectivity index (χ0n) is 11.7. The van der Waals surface area contributed by atoms with Crippen molar-refractivity contribution in [3.05, 3.63) is 36.1 Å². The van der Waals surface area contributed by atoms with E-state index >= 15 is 0 Å². The van der Waals surface area contributed by atoms with E-state index in [0.29, 0.717) is 24.0 Å². The van der Waals surface area contributed by atoms with Gasteiger partial charge in [0.05, 0.1) is 12.9 Å². The zero-order chi connectivity index (χ0) is 13.9. The number of carbonyl (C=O) groups excluding carboxylic acids is 1. The molecule has 0 bridgehead atoms. The number of allylic oxidation sites excluding steroid dienone is 1. The number of hydrogen-bond donors (Lipinski definition) is 0. The Labute approximate surface area is 114 Å². The minimum atomic E-state index is 0.218. The number of ether oxygens (including phenoxy) is 2. The summed E-state index contributed by atoms with van der Waals surface area (Å²) in [5.41, 5.74) is 0.937. The smallest absolute Gasteiger partial charge is 0.168 e. The summed E-state index contributed by atoms with van der Waals surface area (Å²) in [6.45, 7) is 6.82. The van der Waals surface area contributed by atoms with Crippen LogP contribution in [0.2, 0.25) is 0 Å². The van der Waals surface area contributed by atoms with E-state index < -0.39 is 0 Å². The van der Waals surface area contributed by atoms with E-state index in [2.05, 4.69) is 13.8 Å². The second-order valence-corrected chi connectivity index (χ2v) is 5.48. The standard InChI is InChI=1S/C16H20O3/c1-4-18-14-7-5-6-8-15(14)19-11-12(10-17)13-9-16(13,2)3/h5-8,10-11,13H,4,9H2,1-3H3. The van der Waals surface area contributed by atoms with E-state index in [9.17, 15) is 4.79 Å². The number of benzene rings is 1. The molecule has 1 aliphatic rings. The van der Waals surface area contributed by atoms with Gasteiger partial charge < -0.3 is 9.47 Å². The maximum Gasteiger partial charge on any atom is 0.168 e. The lowest BCUT2D eigenvalue weighted by Gasteiger charge is -2.09. The van der Waals surface area contributed by atoms with Gasteiger partial charge in [0.15, 0.2) is 11.5 Å². The fourth-order valence-electron chi connectivity index (χ4n) is 2.18. The zero-order valence-corrected chi connectivity index (χ0v) is 11.7. The third-order valence-corrected chi connectivity index (χ3v) is 3.52. The number of carbonyl (C=O) groups is 1. The normalized spacial score (nSPS) is 20.8. The molecule has 0 aromatic heterocycles. The number of hydrogen-bond acceptors (Lipinski definition) is 3. The summed E-state index contributed by atoms with van der Waals surface area (Å²) in [7, 11) is 0. The second-order valence-electron chi connectivity index (χ2n) is 5.48. The van der Waals surface area contributed by atoms with Gasteiger partial charge in [0.1, 0.15) is 6.29 Å². The Morgan fingerprint density at radius 1 is 1.37 bits per heavy atom. The molecule has 0 amide bonds. The van der Waals surface area contributed by atoms with Crippen LogP contribution in [0.25, 0.3) is 0 Å². The third kappa shape index (κ3) is 3.16. The molecule has 1 atom stereocenters. The minimum absolute atomic E-state index is 0.218. The van der Waals surface area contributed by atoms with Crippen LogP contribution in [0.3, 0.4) is 0 Å². The molecule has 0 saturated heterocycles. The summed E-state index contributed by atoms with van der Waals surface area (Å²) >= 11 is 0. The Balaban J connectivity index is 2.10. The van der Waals surface area contributed by atoms with Gasteiger partial charge in [0.2, 0.25) is 0 Å². The maximum atomic E-state index is 11.1. The van der Waals surface area contributed by atoms with Crippen molar-refractivity contribution in [1.29, 1.82) is 0 Å². The van der Waals surface area contributed by atoms with Gasteiger partial charge in [-0.25, -0.2) is 0 Å². The van der Waals surface area contributed by atoms with Crippen LogP contribution in [0.1, 0.15) is 27.2 Å². The molecule has 1 unspecified atom stereocenters. The summed E-state index contributed by atoms with van der Waals surface area (Å²) in [4.78, 5) is 11.1. The molecule has 0 spiro atoms. The SMILES string of the molecule is CCOc1ccccc1OC=C(C=O)C1CC1(C)C. The number of rotatable bonds is 6. The van der Waals surface area contributed by atoms with Gasteiger partial charge in [-0.1, -0.05) is 26.0 Å². The van der Waals surface area contributed by atoms with Crippen LogP contribution in [0.4, 0.5) is 0 Å². The van der Waals surface area contributed by atoms with Crippen LogP contribution in [0.5, 0.6) is 11.5 Å². The highest BCUT2D eigenvalue weighted by Crippen LogP contribution is 2.55. The molecule has 1 aliphatic carbocycles. The quantitative estimate of drug-likeness (QED) is 0.445. The Kier molecular flexibility index (Phi) is 3.93. The lowest BCUT2D eigenvalue weighted by molar-refractivity contribution is -0.105. The van der Waals surface area contributed by atoms with Gasteiger partial charge in [-0.05, 0) is 36.8 Å². The summed E-state index contributed by atoms with van der Waals surface area (Å²) in [6.07, 6.45) is 3.49. The molecule has 0 N–H and O–H groups in total. The number of para-hydroxylation sites is 2. The van der Waals surface area contributed by atoms with E-state index in [0.717, 1.165) is 18.3 Å². The van der Waals surface area contributed by atoms with E-state index in [1.165, 1.54) is 0 Å². The average Bonchev–Trinajstić information content (AvgIpc) is 3.01. The van der Waals surface area contributed by atoms with Gasteiger partial charge in [-0.3, -0.25) is 4.79 Å². The Bertz CT molecular complexity index is 489. The Morgan fingerprint density at radius 3 is 2.53 bits per heavy atom. The lowest BCUT2D eigenvalue weighted by atomic mass is 10.1. The van der Waals surface area contributed by atoms with Gasteiger partial charge in [0.25, 0.3) is 0 Å². The highest BCUT2D eigenvalue weighted by atomic mass is 16.5. The third-order valence-electron chi connectivity index (χ3n) is 3.52. The van der Waals surface area contributed by atoms with E-state index in [4.69, 9.17) is 9.47 Å². The van der Waals surface area contributed by atoms with Crippen molar-refractivity contribution in [3.63, 3.8) is 0 Å². The van der Waals surface area contributed by atoms with Crippen LogP contribution in [-0.2, 0) is 4.79 Å². The van der Waals surface area contributed by atoms with E-state index in [-0.39, 0.29) is 5.41 Å². The van der Waals surface area contributed by atoms with Gasteiger partial charge >= 0.3 is 0 Å². The topological polar surface area (TPSA) is 35.5 Å². The molecule has 3 nitrogen and oxygen atoms in total. The fraction of sp³-hybridized carbons (Fsp3) is 0.438.